The Hall–Kier alpha value is -2.99. The molecule has 238 valence electrons. The number of nitrogens with zero attached hydrogens (tertiary/aromatic N) is 3. The van der Waals surface area contributed by atoms with Crippen molar-refractivity contribution in [2.24, 2.45) is 5.92 Å². The van der Waals surface area contributed by atoms with Gasteiger partial charge in [0.05, 0.1) is 22.8 Å². The molecule has 1 N–H and O–H groups in total. The molecule has 0 spiro atoms. The Bertz CT molecular complexity index is 1740. The van der Waals surface area contributed by atoms with E-state index in [1.807, 2.05) is 17.9 Å². The molecule has 3 heterocycles. The van der Waals surface area contributed by atoms with Crippen molar-refractivity contribution in [3.05, 3.63) is 78.7 Å². The van der Waals surface area contributed by atoms with Gasteiger partial charge in [0, 0.05) is 42.5 Å². The second-order valence-electron chi connectivity index (χ2n) is 11.4. The van der Waals surface area contributed by atoms with Gasteiger partial charge in [-0.05, 0) is 84.7 Å². The fraction of sp³-hybridized carbons (Fsp3) is 0.387. The van der Waals surface area contributed by atoms with Crippen molar-refractivity contribution < 1.29 is 23.1 Å². The van der Waals surface area contributed by atoms with Crippen molar-refractivity contribution in [2.45, 2.75) is 54.4 Å². The molecule has 1 aliphatic carbocycles. The van der Waals surface area contributed by atoms with Gasteiger partial charge in [-0.1, -0.05) is 41.0 Å². The van der Waals surface area contributed by atoms with Crippen LogP contribution in [-0.4, -0.2) is 53.5 Å². The van der Waals surface area contributed by atoms with Gasteiger partial charge < -0.3 is 19.5 Å². The summed E-state index contributed by atoms with van der Waals surface area (Å²) in [5.74, 6) is 0.426. The van der Waals surface area contributed by atoms with E-state index in [2.05, 4.69) is 4.98 Å². The summed E-state index contributed by atoms with van der Waals surface area (Å²) in [7, 11) is 1.55. The summed E-state index contributed by atoms with van der Waals surface area (Å²) < 4.78 is 34.1. The molecule has 1 aromatic heterocycles. The molecule has 0 radical (unpaired) electrons. The number of rotatable bonds is 8. The summed E-state index contributed by atoms with van der Waals surface area (Å²) in [5, 5.41) is -3.46. The number of nitrogens with one attached hydrogen (secondary N) is 1. The monoisotopic (exact) mass is 696 g/mol. The Morgan fingerprint density at radius 2 is 1.84 bits per heavy atom. The Morgan fingerprint density at radius 1 is 1.13 bits per heavy atom. The standard InChI is InChI=1S/C31H29Cl3F2N4O4S/c1-16-19-15-39(14-18(19)11-22(26(16)44-2)40-10-4-9-38(30(40)43)13-17-7-8-17)29(42)25-23(12-24(31(34,35)36)37-28(25)41)45-27-20(32)5-3-6-21(27)33/h3,5-6,11-12,17H,4,7-10,13-15H2,1-2H3,(H,37,41). The number of alkyl halides is 3. The molecule has 3 aromatic rings. The van der Waals surface area contributed by atoms with Crippen molar-refractivity contribution in [3.63, 3.8) is 0 Å². The van der Waals surface area contributed by atoms with Crippen LogP contribution in [0.1, 0.15) is 52.0 Å². The Labute approximate surface area is 277 Å². The predicted octanol–water partition coefficient (Wildman–Crippen LogP) is 7.64. The zero-order valence-electron chi connectivity index (χ0n) is 24.4. The number of benzene rings is 2. The Morgan fingerprint density at radius 3 is 2.49 bits per heavy atom. The molecular weight excluding hydrogens is 669 g/mol. The number of aromatic nitrogens is 1. The van der Waals surface area contributed by atoms with Crippen molar-refractivity contribution >= 4 is 64.2 Å². The van der Waals surface area contributed by atoms with Crippen molar-refractivity contribution in [3.8, 4) is 5.75 Å². The molecule has 3 amide bonds. The molecule has 2 aromatic carbocycles. The first-order valence-electron chi connectivity index (χ1n) is 14.4. The number of hydrogen-bond donors (Lipinski definition) is 1. The molecule has 0 bridgehead atoms. The smallest absolute Gasteiger partial charge is 0.362 e. The number of amides is 3. The topological polar surface area (TPSA) is 85.9 Å². The van der Waals surface area contributed by atoms with Crippen LogP contribution in [0.15, 0.2) is 44.9 Å². The van der Waals surface area contributed by atoms with Gasteiger partial charge in [0.1, 0.15) is 17.0 Å². The number of pyridine rings is 1. The molecule has 1 saturated heterocycles. The molecule has 2 aliphatic heterocycles. The van der Waals surface area contributed by atoms with Crippen molar-refractivity contribution in [1.82, 2.24) is 14.8 Å². The number of carbonyl (C=O) groups is 2. The molecular formula is C31H29Cl3F2N4O4S. The fourth-order valence-electron chi connectivity index (χ4n) is 5.91. The maximum Gasteiger partial charge on any atom is 0.362 e. The fourth-order valence-corrected chi connectivity index (χ4v) is 7.65. The minimum Gasteiger partial charge on any atom is -0.494 e. The first-order valence-corrected chi connectivity index (χ1v) is 16.3. The summed E-state index contributed by atoms with van der Waals surface area (Å²) in [6, 6.07) is 7.50. The Kier molecular flexibility index (Phi) is 8.75. The molecule has 45 heavy (non-hydrogen) atoms. The number of H-pyrrole nitrogens is 1. The minimum atomic E-state index is -3.89. The lowest BCUT2D eigenvalue weighted by Crippen LogP contribution is -2.50. The van der Waals surface area contributed by atoms with Crippen molar-refractivity contribution in [1.29, 1.82) is 0 Å². The minimum absolute atomic E-state index is 0.0700. The SMILES string of the molecule is COc1c(N2CCCN(CC3CC3)C2=O)cc2c(c1C)CN(C(=O)c1c(Sc3c(Cl)cccc3Cl)cc(C(F)(F)Cl)[nH]c1=O)C2. The van der Waals surface area contributed by atoms with E-state index < -0.39 is 22.5 Å². The van der Waals surface area contributed by atoms with Gasteiger partial charge in [-0.15, -0.1) is 0 Å². The van der Waals surface area contributed by atoms with Crippen LogP contribution in [-0.2, 0) is 18.5 Å². The number of anilines is 1. The highest BCUT2D eigenvalue weighted by Crippen LogP contribution is 2.44. The van der Waals surface area contributed by atoms with Gasteiger partial charge in [0.25, 0.3) is 11.5 Å². The van der Waals surface area contributed by atoms with Crippen LogP contribution >= 0.6 is 46.6 Å². The van der Waals surface area contributed by atoms with Crippen LogP contribution in [0.4, 0.5) is 19.3 Å². The molecule has 1 saturated carbocycles. The van der Waals surface area contributed by atoms with E-state index in [4.69, 9.17) is 39.5 Å². The largest absolute Gasteiger partial charge is 0.494 e. The van der Waals surface area contributed by atoms with Gasteiger partial charge >= 0.3 is 11.4 Å². The van der Waals surface area contributed by atoms with E-state index in [1.54, 1.807) is 30.2 Å². The average molecular weight is 698 g/mol. The van der Waals surface area contributed by atoms with Crippen LogP contribution in [0, 0.1) is 12.8 Å². The molecule has 0 atom stereocenters. The first kappa shape index (κ1) is 32.0. The lowest BCUT2D eigenvalue weighted by molar-refractivity contribution is 0.0740. The number of urea groups is 1. The number of aromatic amines is 1. The van der Waals surface area contributed by atoms with Crippen LogP contribution in [0.3, 0.4) is 0 Å². The van der Waals surface area contributed by atoms with Crippen LogP contribution in [0.5, 0.6) is 5.75 Å². The number of ether oxygens (including phenoxy) is 1. The maximum absolute atomic E-state index is 14.1. The second-order valence-corrected chi connectivity index (χ2v) is 13.8. The van der Waals surface area contributed by atoms with E-state index >= 15 is 0 Å². The maximum atomic E-state index is 14.1. The van der Waals surface area contributed by atoms with Gasteiger partial charge in [0.2, 0.25) is 0 Å². The van der Waals surface area contributed by atoms with Crippen LogP contribution < -0.4 is 15.2 Å². The van der Waals surface area contributed by atoms with E-state index in [0.29, 0.717) is 35.3 Å². The number of carbonyl (C=O) groups excluding carboxylic acids is 2. The predicted molar refractivity (Wildman–Crippen MR) is 170 cm³/mol. The summed E-state index contributed by atoms with van der Waals surface area (Å²) in [4.78, 5) is 48.2. The van der Waals surface area contributed by atoms with E-state index in [1.165, 1.54) is 4.90 Å². The number of methoxy groups -OCH3 is 1. The van der Waals surface area contributed by atoms with Gasteiger partial charge in [0.15, 0.2) is 0 Å². The van der Waals surface area contributed by atoms with Crippen molar-refractivity contribution in [2.75, 3.05) is 31.6 Å². The zero-order chi connectivity index (χ0) is 32.2. The third-order valence-electron chi connectivity index (χ3n) is 8.35. The summed E-state index contributed by atoms with van der Waals surface area (Å²) in [6.07, 6.45) is 3.10. The third kappa shape index (κ3) is 6.24. The first-order chi connectivity index (χ1) is 21.4. The lowest BCUT2D eigenvalue weighted by atomic mass is 10.0. The quantitative estimate of drug-likeness (QED) is 0.245. The molecule has 3 aliphatic rings. The van der Waals surface area contributed by atoms with Gasteiger partial charge in [-0.25, -0.2) is 4.79 Å². The molecule has 8 nitrogen and oxygen atoms in total. The Balaban J connectivity index is 1.35. The summed E-state index contributed by atoms with van der Waals surface area (Å²) in [6.45, 7) is 4.13. The average Bonchev–Trinajstić information content (AvgIpc) is 3.70. The number of halogens is 5. The highest BCUT2D eigenvalue weighted by Gasteiger charge is 2.37. The van der Waals surface area contributed by atoms with Crippen LogP contribution in [0.2, 0.25) is 10.0 Å². The summed E-state index contributed by atoms with van der Waals surface area (Å²) >= 11 is 18.8. The molecule has 6 rings (SSSR count). The second kappa shape index (κ2) is 12.3. The normalized spacial score (nSPS) is 16.8. The highest BCUT2D eigenvalue weighted by molar-refractivity contribution is 7.99. The zero-order valence-corrected chi connectivity index (χ0v) is 27.5. The van der Waals surface area contributed by atoms with E-state index in [9.17, 15) is 23.2 Å². The van der Waals surface area contributed by atoms with Gasteiger partial charge in [-0.3, -0.25) is 14.5 Å². The van der Waals surface area contributed by atoms with Crippen LogP contribution in [0.25, 0.3) is 0 Å². The van der Waals surface area contributed by atoms with E-state index in [0.717, 1.165) is 60.3 Å². The molecule has 2 fully saturated rings. The number of hydrogen-bond acceptors (Lipinski definition) is 5. The van der Waals surface area contributed by atoms with Gasteiger partial charge in [-0.2, -0.15) is 8.78 Å². The highest BCUT2D eigenvalue weighted by atomic mass is 35.5. The van der Waals surface area contributed by atoms with E-state index in [-0.39, 0.29) is 39.6 Å². The number of fused-ring (bicyclic) bond motifs is 1. The lowest BCUT2D eigenvalue weighted by Gasteiger charge is -2.36. The third-order valence-corrected chi connectivity index (χ3v) is 10.6. The molecule has 14 heteroatoms. The molecule has 0 unspecified atom stereocenters. The summed E-state index contributed by atoms with van der Waals surface area (Å²) in [5.41, 5.74) is 0.789.